The maximum Gasteiger partial charge on any atom is 0.130 e. The summed E-state index contributed by atoms with van der Waals surface area (Å²) in [5, 5.41) is 3.43. The second kappa shape index (κ2) is 6.90. The zero-order valence-corrected chi connectivity index (χ0v) is 12.5. The Morgan fingerprint density at radius 3 is 2.95 bits per heavy atom. The van der Waals surface area contributed by atoms with Crippen molar-refractivity contribution in [1.29, 1.82) is 0 Å². The summed E-state index contributed by atoms with van der Waals surface area (Å²) in [5.74, 6) is 2.73. The summed E-state index contributed by atoms with van der Waals surface area (Å²) < 4.78 is 0. The van der Waals surface area contributed by atoms with Crippen molar-refractivity contribution in [2.75, 3.05) is 25.0 Å². The van der Waals surface area contributed by atoms with Gasteiger partial charge in [0.05, 0.1) is 0 Å². The molecule has 106 valence electrons. The van der Waals surface area contributed by atoms with Gasteiger partial charge in [-0.05, 0) is 37.3 Å². The zero-order chi connectivity index (χ0) is 13.7. The molecule has 2 rings (SSSR count). The Labute approximate surface area is 117 Å². The van der Waals surface area contributed by atoms with Crippen LogP contribution in [0.4, 0.5) is 5.82 Å². The fourth-order valence-corrected chi connectivity index (χ4v) is 2.70. The molecule has 0 aromatic carbocycles. The molecule has 3 heteroatoms. The van der Waals surface area contributed by atoms with E-state index in [0.29, 0.717) is 0 Å². The molecule has 0 amide bonds. The molecule has 2 atom stereocenters. The van der Waals surface area contributed by atoms with Crippen LogP contribution in [0.25, 0.3) is 0 Å². The third kappa shape index (κ3) is 3.93. The number of likely N-dealkylation sites (tertiary alicyclic amines) is 1. The molecule has 1 aromatic rings. The topological polar surface area (TPSA) is 28.2 Å². The Morgan fingerprint density at radius 2 is 2.21 bits per heavy atom. The van der Waals surface area contributed by atoms with Crippen LogP contribution in [0, 0.1) is 11.8 Å². The molecule has 1 aromatic heterocycles. The molecular weight excluding hydrogens is 234 g/mol. The Kier molecular flexibility index (Phi) is 5.20. The molecule has 0 bridgehead atoms. The lowest BCUT2D eigenvalue weighted by molar-refractivity contribution is 0.132. The van der Waals surface area contributed by atoms with Crippen LogP contribution in [0.1, 0.15) is 39.2 Å². The minimum Gasteiger partial charge on any atom is -0.370 e. The van der Waals surface area contributed by atoms with Crippen LogP contribution in [0.15, 0.2) is 18.3 Å². The Bertz CT molecular complexity index is 391. The van der Waals surface area contributed by atoms with Gasteiger partial charge in [-0.3, -0.25) is 4.90 Å². The van der Waals surface area contributed by atoms with Gasteiger partial charge < -0.3 is 5.32 Å². The van der Waals surface area contributed by atoms with Crippen LogP contribution in [-0.4, -0.2) is 29.5 Å². The lowest BCUT2D eigenvalue weighted by Crippen LogP contribution is -2.38. The van der Waals surface area contributed by atoms with E-state index in [4.69, 9.17) is 0 Å². The van der Waals surface area contributed by atoms with Crippen molar-refractivity contribution in [3.05, 3.63) is 23.9 Å². The average molecular weight is 261 g/mol. The van der Waals surface area contributed by atoms with Crippen LogP contribution in [0.2, 0.25) is 0 Å². The molecule has 0 aliphatic carbocycles. The lowest BCUT2D eigenvalue weighted by Gasteiger charge is -2.35. The third-order valence-corrected chi connectivity index (χ3v) is 4.25. The Hall–Kier alpha value is -1.09. The number of anilines is 1. The molecule has 2 heterocycles. The fraction of sp³-hybridized carbons (Fsp3) is 0.688. The summed E-state index contributed by atoms with van der Waals surface area (Å²) >= 11 is 0. The molecular formula is C16H27N3. The highest BCUT2D eigenvalue weighted by molar-refractivity contribution is 5.43. The van der Waals surface area contributed by atoms with Gasteiger partial charge in [0.2, 0.25) is 0 Å². The smallest absolute Gasteiger partial charge is 0.130 e. The van der Waals surface area contributed by atoms with Crippen molar-refractivity contribution < 1.29 is 0 Å². The Morgan fingerprint density at radius 1 is 1.37 bits per heavy atom. The van der Waals surface area contributed by atoms with E-state index >= 15 is 0 Å². The molecule has 1 N–H and O–H groups in total. The van der Waals surface area contributed by atoms with Crippen molar-refractivity contribution in [1.82, 2.24) is 9.88 Å². The van der Waals surface area contributed by atoms with Crippen LogP contribution >= 0.6 is 0 Å². The molecule has 1 saturated heterocycles. The van der Waals surface area contributed by atoms with Crippen LogP contribution in [0.3, 0.4) is 0 Å². The first-order chi connectivity index (χ1) is 9.20. The number of nitrogens with zero attached hydrogens (tertiary/aromatic N) is 2. The number of piperidine rings is 1. The first-order valence-electron chi connectivity index (χ1n) is 7.60. The lowest BCUT2D eigenvalue weighted by atomic mass is 9.88. The van der Waals surface area contributed by atoms with Gasteiger partial charge in [0.15, 0.2) is 0 Å². The maximum atomic E-state index is 4.48. The van der Waals surface area contributed by atoms with Gasteiger partial charge in [0, 0.05) is 31.4 Å². The van der Waals surface area contributed by atoms with Gasteiger partial charge in [-0.15, -0.1) is 0 Å². The molecule has 0 radical (unpaired) electrons. The third-order valence-electron chi connectivity index (χ3n) is 4.25. The van der Waals surface area contributed by atoms with E-state index in [-0.39, 0.29) is 0 Å². The highest BCUT2D eigenvalue weighted by atomic mass is 15.1. The normalized spacial score (nSPS) is 24.4. The van der Waals surface area contributed by atoms with Crippen LogP contribution < -0.4 is 5.32 Å². The first kappa shape index (κ1) is 14.3. The summed E-state index contributed by atoms with van der Waals surface area (Å²) in [5.41, 5.74) is 1.33. The fourth-order valence-electron chi connectivity index (χ4n) is 2.70. The number of nitrogens with one attached hydrogen (secondary N) is 1. The summed E-state index contributed by atoms with van der Waals surface area (Å²) in [4.78, 5) is 7.05. The number of aromatic nitrogens is 1. The summed E-state index contributed by atoms with van der Waals surface area (Å²) in [6.07, 6.45) is 4.33. The van der Waals surface area contributed by atoms with Crippen molar-refractivity contribution in [2.45, 2.75) is 40.2 Å². The van der Waals surface area contributed by atoms with Gasteiger partial charge in [-0.2, -0.15) is 0 Å². The predicted octanol–water partition coefficient (Wildman–Crippen LogP) is 3.38. The van der Waals surface area contributed by atoms with E-state index in [1.54, 1.807) is 0 Å². The highest BCUT2D eigenvalue weighted by Gasteiger charge is 2.23. The number of rotatable bonds is 5. The minimum atomic E-state index is 0.803. The average Bonchev–Trinajstić information content (AvgIpc) is 2.42. The highest BCUT2D eigenvalue weighted by Crippen LogP contribution is 2.24. The first-order valence-corrected chi connectivity index (χ1v) is 7.60. The van der Waals surface area contributed by atoms with Gasteiger partial charge in [-0.1, -0.05) is 26.8 Å². The van der Waals surface area contributed by atoms with E-state index in [1.807, 2.05) is 12.3 Å². The van der Waals surface area contributed by atoms with Gasteiger partial charge >= 0.3 is 0 Å². The molecule has 1 aliphatic heterocycles. The van der Waals surface area contributed by atoms with Crippen molar-refractivity contribution in [3.63, 3.8) is 0 Å². The van der Waals surface area contributed by atoms with Crippen LogP contribution in [0.5, 0.6) is 0 Å². The van der Waals surface area contributed by atoms with Crippen molar-refractivity contribution in [2.24, 2.45) is 11.8 Å². The maximum absolute atomic E-state index is 4.48. The monoisotopic (exact) mass is 261 g/mol. The molecule has 0 spiro atoms. The van der Waals surface area contributed by atoms with Gasteiger partial charge in [0.1, 0.15) is 5.82 Å². The number of pyridine rings is 1. The van der Waals surface area contributed by atoms with E-state index in [9.17, 15) is 0 Å². The summed E-state index contributed by atoms with van der Waals surface area (Å²) in [6, 6.07) is 4.25. The summed E-state index contributed by atoms with van der Waals surface area (Å²) in [7, 11) is 0. The zero-order valence-electron chi connectivity index (χ0n) is 12.5. The molecule has 3 nitrogen and oxygen atoms in total. The summed E-state index contributed by atoms with van der Waals surface area (Å²) in [6.45, 7) is 11.4. The van der Waals surface area contributed by atoms with Crippen LogP contribution in [-0.2, 0) is 6.54 Å². The number of hydrogen-bond acceptors (Lipinski definition) is 3. The molecule has 0 saturated carbocycles. The van der Waals surface area contributed by atoms with E-state index in [2.05, 4.69) is 42.0 Å². The quantitative estimate of drug-likeness (QED) is 0.880. The van der Waals surface area contributed by atoms with E-state index in [1.165, 1.54) is 25.1 Å². The van der Waals surface area contributed by atoms with Gasteiger partial charge in [0.25, 0.3) is 0 Å². The second-order valence-corrected chi connectivity index (χ2v) is 5.92. The van der Waals surface area contributed by atoms with Crippen molar-refractivity contribution >= 4 is 5.82 Å². The number of hydrogen-bond donors (Lipinski definition) is 1. The van der Waals surface area contributed by atoms with E-state index < -0.39 is 0 Å². The SMILES string of the molecule is CCCNc1ncccc1CN1CCC(C)C(C)C1. The molecule has 2 unspecified atom stereocenters. The largest absolute Gasteiger partial charge is 0.370 e. The van der Waals surface area contributed by atoms with Crippen molar-refractivity contribution in [3.8, 4) is 0 Å². The Balaban J connectivity index is 1.98. The minimum absolute atomic E-state index is 0.803. The van der Waals surface area contributed by atoms with Gasteiger partial charge in [-0.25, -0.2) is 4.98 Å². The predicted molar refractivity (Wildman–Crippen MR) is 81.2 cm³/mol. The molecule has 1 aliphatic rings. The van der Waals surface area contributed by atoms with E-state index in [0.717, 1.165) is 37.2 Å². The second-order valence-electron chi connectivity index (χ2n) is 5.92. The molecule has 19 heavy (non-hydrogen) atoms. The molecule has 1 fully saturated rings. The standard InChI is InChI=1S/C16H27N3/c1-4-8-17-16-15(6-5-9-18-16)12-19-10-7-13(2)14(3)11-19/h5-6,9,13-14H,4,7-8,10-12H2,1-3H3,(H,17,18).